The minimum absolute atomic E-state index is 0.602. The van der Waals surface area contributed by atoms with Crippen LogP contribution >= 0.6 is 11.6 Å². The van der Waals surface area contributed by atoms with Crippen LogP contribution in [-0.2, 0) is 5.54 Å². The molecule has 1 rings (SSSR count). The number of hydrogen-bond donors (Lipinski definition) is 0. The molecule has 1 heterocycles. The van der Waals surface area contributed by atoms with Crippen LogP contribution < -0.4 is 0 Å². The van der Waals surface area contributed by atoms with Gasteiger partial charge in [0.15, 0.2) is 5.69 Å². The van der Waals surface area contributed by atoms with E-state index < -0.39 is 28.6 Å². The first-order chi connectivity index (χ1) is 6.25. The minimum Gasteiger partial charge on any atom is -0.232 e. The Morgan fingerprint density at radius 1 is 1.36 bits per heavy atom. The molecular weight excluding hydrogens is 217 g/mol. The lowest BCUT2D eigenvalue weighted by Crippen LogP contribution is -2.25. The summed E-state index contributed by atoms with van der Waals surface area (Å²) in [6.45, 7) is 4.94. The van der Waals surface area contributed by atoms with Gasteiger partial charge in [0.1, 0.15) is 5.02 Å². The summed E-state index contributed by atoms with van der Waals surface area (Å²) in [6, 6.07) is 0. The van der Waals surface area contributed by atoms with Crippen LogP contribution in [0.1, 0.15) is 32.9 Å². The summed E-state index contributed by atoms with van der Waals surface area (Å²) < 4.78 is 38.7. The Labute approximate surface area is 84.7 Å². The molecule has 0 unspecified atom stereocenters. The molecule has 0 aliphatic heterocycles. The second-order valence-electron chi connectivity index (χ2n) is 3.87. The fourth-order valence-electron chi connectivity index (χ4n) is 0.978. The van der Waals surface area contributed by atoms with Gasteiger partial charge in [0.25, 0.3) is 6.43 Å². The fraction of sp³-hybridized carbons (Fsp3) is 0.625. The Kier molecular flexibility index (Phi) is 2.81. The Morgan fingerprint density at radius 2 is 1.86 bits per heavy atom. The summed E-state index contributed by atoms with van der Waals surface area (Å²) in [5.41, 5.74) is -1.42. The van der Waals surface area contributed by atoms with E-state index in [-0.39, 0.29) is 0 Å². The molecule has 6 heteroatoms. The number of hydrogen-bond acceptors (Lipinski definition) is 1. The Bertz CT molecular complexity index is 341. The van der Waals surface area contributed by atoms with Gasteiger partial charge in [-0.25, -0.2) is 13.5 Å². The van der Waals surface area contributed by atoms with E-state index in [1.54, 1.807) is 20.8 Å². The van der Waals surface area contributed by atoms with Gasteiger partial charge in [-0.2, -0.15) is 9.49 Å². The quantitative estimate of drug-likeness (QED) is 0.718. The van der Waals surface area contributed by atoms with Gasteiger partial charge in [0, 0.05) is 0 Å². The largest absolute Gasteiger partial charge is 0.283 e. The third-order valence-electron chi connectivity index (χ3n) is 1.64. The highest BCUT2D eigenvalue weighted by Crippen LogP contribution is 2.30. The first-order valence-corrected chi connectivity index (χ1v) is 4.35. The van der Waals surface area contributed by atoms with Crippen LogP contribution in [0.4, 0.5) is 13.2 Å². The summed E-state index contributed by atoms with van der Waals surface area (Å²) in [5, 5.41) is 2.84. The summed E-state index contributed by atoms with van der Waals surface area (Å²) >= 11 is 5.38. The molecule has 0 aromatic carbocycles. The van der Waals surface area contributed by atoms with Crippen molar-refractivity contribution in [3.05, 3.63) is 16.7 Å². The first-order valence-electron chi connectivity index (χ1n) is 3.97. The average Bonchev–Trinajstić information content (AvgIpc) is 2.28. The maximum absolute atomic E-state index is 13.3. The van der Waals surface area contributed by atoms with Gasteiger partial charge in [0.05, 0.1) is 5.54 Å². The number of rotatable bonds is 1. The SMILES string of the molecule is CC(C)(C)n1nc(C(F)F)c(Cl)c1F. The van der Waals surface area contributed by atoms with Crippen molar-refractivity contribution in [3.8, 4) is 0 Å². The molecule has 14 heavy (non-hydrogen) atoms. The number of halogens is 4. The van der Waals surface area contributed by atoms with Gasteiger partial charge < -0.3 is 0 Å². The Morgan fingerprint density at radius 3 is 2.07 bits per heavy atom. The van der Waals surface area contributed by atoms with E-state index in [0.29, 0.717) is 0 Å². The lowest BCUT2D eigenvalue weighted by Gasteiger charge is -2.19. The molecule has 1 aromatic heterocycles. The summed E-state index contributed by atoms with van der Waals surface area (Å²) in [5.74, 6) is -0.922. The predicted octanol–water partition coefficient (Wildman–Crippen LogP) is 3.37. The fourth-order valence-corrected chi connectivity index (χ4v) is 1.18. The van der Waals surface area contributed by atoms with Gasteiger partial charge in [0.2, 0.25) is 5.95 Å². The first kappa shape index (κ1) is 11.4. The maximum Gasteiger partial charge on any atom is 0.283 e. The third kappa shape index (κ3) is 1.87. The minimum atomic E-state index is -2.86. The van der Waals surface area contributed by atoms with E-state index in [9.17, 15) is 13.2 Å². The standard InChI is InChI=1S/C8H10ClF3N2/c1-8(2,3)14-7(12)4(9)5(13-14)6(10)11/h6H,1-3H3. The van der Waals surface area contributed by atoms with Crippen LogP contribution in [0.3, 0.4) is 0 Å². The van der Waals surface area contributed by atoms with Gasteiger partial charge >= 0.3 is 0 Å². The monoisotopic (exact) mass is 226 g/mol. The van der Waals surface area contributed by atoms with Gasteiger partial charge in [-0.3, -0.25) is 0 Å². The number of aromatic nitrogens is 2. The summed E-state index contributed by atoms with van der Waals surface area (Å²) in [7, 11) is 0. The van der Waals surface area contributed by atoms with E-state index in [0.717, 1.165) is 4.68 Å². The van der Waals surface area contributed by atoms with E-state index in [2.05, 4.69) is 5.10 Å². The van der Waals surface area contributed by atoms with Crippen molar-refractivity contribution >= 4 is 11.6 Å². The molecule has 1 aromatic rings. The Hall–Kier alpha value is -0.710. The van der Waals surface area contributed by atoms with E-state index in [1.165, 1.54) is 0 Å². The molecule has 0 amide bonds. The molecule has 0 spiro atoms. The molecule has 2 nitrogen and oxygen atoms in total. The highest BCUT2D eigenvalue weighted by Gasteiger charge is 2.28. The van der Waals surface area contributed by atoms with E-state index in [4.69, 9.17) is 11.6 Å². The Balaban J connectivity index is 3.29. The van der Waals surface area contributed by atoms with Crippen molar-refractivity contribution in [3.63, 3.8) is 0 Å². The highest BCUT2D eigenvalue weighted by atomic mass is 35.5. The third-order valence-corrected chi connectivity index (χ3v) is 1.99. The van der Waals surface area contributed by atoms with Crippen molar-refractivity contribution < 1.29 is 13.2 Å². The number of nitrogens with zero attached hydrogens (tertiary/aromatic N) is 2. The molecule has 0 aliphatic carbocycles. The molecule has 0 N–H and O–H groups in total. The van der Waals surface area contributed by atoms with Crippen molar-refractivity contribution in [1.82, 2.24) is 9.78 Å². The van der Waals surface area contributed by atoms with Crippen molar-refractivity contribution in [2.75, 3.05) is 0 Å². The normalized spacial score (nSPS) is 12.6. The molecule has 0 saturated carbocycles. The average molecular weight is 227 g/mol. The molecular formula is C8H10ClF3N2. The topological polar surface area (TPSA) is 17.8 Å². The van der Waals surface area contributed by atoms with Crippen LogP contribution in [0.25, 0.3) is 0 Å². The van der Waals surface area contributed by atoms with Gasteiger partial charge in [-0.1, -0.05) is 11.6 Å². The molecule has 0 atom stereocenters. The van der Waals surface area contributed by atoms with Crippen molar-refractivity contribution in [1.29, 1.82) is 0 Å². The zero-order valence-electron chi connectivity index (χ0n) is 7.98. The molecule has 80 valence electrons. The van der Waals surface area contributed by atoms with Crippen LogP contribution in [0.15, 0.2) is 0 Å². The smallest absolute Gasteiger partial charge is 0.232 e. The number of alkyl halides is 2. The molecule has 0 saturated heterocycles. The van der Waals surface area contributed by atoms with Crippen LogP contribution in [0.5, 0.6) is 0 Å². The lowest BCUT2D eigenvalue weighted by molar-refractivity contribution is 0.143. The van der Waals surface area contributed by atoms with Crippen LogP contribution in [-0.4, -0.2) is 9.78 Å². The second kappa shape index (κ2) is 3.46. The van der Waals surface area contributed by atoms with Gasteiger partial charge in [-0.15, -0.1) is 0 Å². The zero-order chi connectivity index (χ0) is 11.1. The molecule has 0 aliphatic rings. The van der Waals surface area contributed by atoms with Crippen LogP contribution in [0.2, 0.25) is 5.02 Å². The summed E-state index contributed by atoms with van der Waals surface area (Å²) in [4.78, 5) is 0. The zero-order valence-corrected chi connectivity index (χ0v) is 8.74. The molecule has 0 fully saturated rings. The highest BCUT2D eigenvalue weighted by molar-refractivity contribution is 6.31. The molecule has 0 radical (unpaired) electrons. The summed E-state index contributed by atoms with van der Waals surface area (Å²) in [6.07, 6.45) is -2.86. The predicted molar refractivity (Wildman–Crippen MR) is 47.1 cm³/mol. The van der Waals surface area contributed by atoms with Crippen molar-refractivity contribution in [2.45, 2.75) is 32.7 Å². The van der Waals surface area contributed by atoms with E-state index >= 15 is 0 Å². The maximum atomic E-state index is 13.3. The molecule has 0 bridgehead atoms. The second-order valence-corrected chi connectivity index (χ2v) is 4.25. The van der Waals surface area contributed by atoms with Crippen LogP contribution in [0, 0.1) is 5.95 Å². The lowest BCUT2D eigenvalue weighted by atomic mass is 10.1. The van der Waals surface area contributed by atoms with E-state index in [1.807, 2.05) is 0 Å². The van der Waals surface area contributed by atoms with Crippen molar-refractivity contribution in [2.24, 2.45) is 0 Å². The van der Waals surface area contributed by atoms with Gasteiger partial charge in [-0.05, 0) is 20.8 Å².